The molecule has 0 spiro atoms. The highest BCUT2D eigenvalue weighted by Gasteiger charge is 2.45. The molecule has 2 aliphatic heterocycles. The Morgan fingerprint density at radius 1 is 0.800 bits per heavy atom. The van der Waals surface area contributed by atoms with Crippen molar-refractivity contribution in [2.24, 2.45) is 0 Å². The minimum Gasteiger partial charge on any atom is -0.454 e. The van der Waals surface area contributed by atoms with Gasteiger partial charge in [-0.25, -0.2) is 14.6 Å². The molecule has 16 nitrogen and oxygen atoms in total. The maximum atomic E-state index is 12.9. The topological polar surface area (TPSA) is 176 Å². The van der Waals surface area contributed by atoms with E-state index in [-0.39, 0.29) is 36.6 Å². The quantitative estimate of drug-likeness (QED) is 0.127. The number of carbonyl (C=O) groups excluding carboxylic acids is 2. The molecule has 3 fully saturated rings. The van der Waals surface area contributed by atoms with Crippen molar-refractivity contribution in [2.45, 2.75) is 68.5 Å². The van der Waals surface area contributed by atoms with Gasteiger partial charge in [0.25, 0.3) is 0 Å². The number of esters is 1. The molecule has 3 aromatic heterocycles. The average Bonchev–Trinajstić information content (AvgIpc) is 4.16. The van der Waals surface area contributed by atoms with Crippen LogP contribution >= 0.6 is 0 Å². The highest BCUT2D eigenvalue weighted by molar-refractivity contribution is 5.84. The van der Waals surface area contributed by atoms with Crippen molar-refractivity contribution >= 4 is 35.0 Å². The van der Waals surface area contributed by atoms with E-state index < -0.39 is 43.0 Å². The van der Waals surface area contributed by atoms with E-state index >= 15 is 0 Å². The first kappa shape index (κ1) is 43.7. The molecule has 6 aromatic rings. The lowest BCUT2D eigenvalue weighted by Crippen LogP contribution is -2.52. The second-order valence-corrected chi connectivity index (χ2v) is 16.7. The molecule has 1 unspecified atom stereocenters. The number of hydrogen-bond donors (Lipinski definition) is 3. The van der Waals surface area contributed by atoms with Crippen LogP contribution in [0.5, 0.6) is 0 Å². The Kier molecular flexibility index (Phi) is 12.7. The van der Waals surface area contributed by atoms with Crippen molar-refractivity contribution in [1.82, 2.24) is 39.1 Å². The predicted octanol–water partition coefficient (Wildman–Crippen LogP) is 5.31. The number of aromatic nitrogens is 6. The van der Waals surface area contributed by atoms with Crippen molar-refractivity contribution in [1.29, 1.82) is 0 Å². The number of fused-ring (bicyclic) bond motifs is 1. The number of alkyl halides is 3. The maximum Gasteiger partial charge on any atom is 0.490 e. The summed E-state index contributed by atoms with van der Waals surface area (Å²) in [4.78, 5) is 45.4. The van der Waals surface area contributed by atoms with Crippen LogP contribution in [0.1, 0.15) is 53.1 Å². The number of carbonyl (C=O) groups is 2. The lowest BCUT2D eigenvalue weighted by atomic mass is 9.91. The van der Waals surface area contributed by atoms with Crippen LogP contribution in [-0.4, -0.2) is 132 Å². The predicted molar refractivity (Wildman–Crippen MR) is 232 cm³/mol. The van der Waals surface area contributed by atoms with E-state index in [1.807, 2.05) is 66.7 Å². The summed E-state index contributed by atoms with van der Waals surface area (Å²) in [5.41, 5.74) is 4.26. The molecule has 3 aliphatic rings. The largest absolute Gasteiger partial charge is 0.490 e. The van der Waals surface area contributed by atoms with Crippen molar-refractivity contribution in [3.63, 3.8) is 0 Å². The lowest BCUT2D eigenvalue weighted by molar-refractivity contribution is -0.201. The molecule has 3 aromatic carbocycles. The van der Waals surface area contributed by atoms with Crippen LogP contribution in [0.3, 0.4) is 0 Å². The number of piperazine rings is 1. The first-order valence-corrected chi connectivity index (χ1v) is 21.7. The van der Waals surface area contributed by atoms with E-state index in [9.17, 15) is 33.0 Å². The monoisotopic (exact) mass is 894 g/mol. The van der Waals surface area contributed by atoms with Gasteiger partial charge in [0, 0.05) is 69.5 Å². The van der Waals surface area contributed by atoms with Crippen LogP contribution < -0.4 is 10.2 Å². The number of imidazole rings is 1. The fourth-order valence-corrected chi connectivity index (χ4v) is 9.10. The number of benzene rings is 3. The van der Waals surface area contributed by atoms with Gasteiger partial charge in [-0.3, -0.25) is 9.58 Å². The van der Waals surface area contributed by atoms with Gasteiger partial charge in [-0.1, -0.05) is 91.0 Å². The zero-order valence-electron chi connectivity index (χ0n) is 35.3. The molecule has 3 N–H and O–H groups in total. The Morgan fingerprint density at radius 3 is 2.12 bits per heavy atom. The molecular weight excluding hydrogens is 846 g/mol. The Hall–Kier alpha value is -6.57. The van der Waals surface area contributed by atoms with Crippen LogP contribution in [0.2, 0.25) is 0 Å². The lowest BCUT2D eigenvalue weighted by Gasteiger charge is -2.37. The number of aliphatic hydroxyl groups excluding tert-OH is 2. The van der Waals surface area contributed by atoms with E-state index in [0.29, 0.717) is 68.7 Å². The molecule has 5 heterocycles. The molecule has 19 heteroatoms. The van der Waals surface area contributed by atoms with E-state index in [1.54, 1.807) is 15.8 Å². The van der Waals surface area contributed by atoms with Crippen LogP contribution in [0.4, 0.5) is 29.7 Å². The maximum absolute atomic E-state index is 12.9. The fourth-order valence-electron chi connectivity index (χ4n) is 9.10. The first-order valence-electron chi connectivity index (χ1n) is 21.7. The number of hydrogen-bond acceptors (Lipinski definition) is 13. The third-order valence-electron chi connectivity index (χ3n) is 12.6. The number of halogens is 3. The van der Waals surface area contributed by atoms with E-state index in [1.165, 1.54) is 17.1 Å². The summed E-state index contributed by atoms with van der Waals surface area (Å²) in [6.45, 7) is 3.82. The van der Waals surface area contributed by atoms with E-state index in [2.05, 4.69) is 49.2 Å². The molecule has 0 bridgehead atoms. The molecule has 0 radical (unpaired) electrons. The van der Waals surface area contributed by atoms with Gasteiger partial charge in [0.15, 0.2) is 17.0 Å². The van der Waals surface area contributed by atoms with Gasteiger partial charge in [-0.15, -0.1) is 0 Å². The van der Waals surface area contributed by atoms with Gasteiger partial charge in [0.1, 0.15) is 25.4 Å². The zero-order valence-corrected chi connectivity index (χ0v) is 35.3. The SMILES string of the molecule is O=C(OCc1ccccc1)N1CCN(C2CCN(c3nc(NCC(c4ccccc4)c4ccccc4)c4ncn([C@@H]5C[C@H](n6cc(COC(=O)C(F)(F)F)cn6)[C@@H](O)[C@H]5O)c4n3)C2)CC1. The third kappa shape index (κ3) is 9.62. The third-order valence-corrected chi connectivity index (χ3v) is 12.6. The first-order chi connectivity index (χ1) is 31.5. The number of ether oxygens (including phenoxy) is 2. The second kappa shape index (κ2) is 18.9. The molecular formula is C46H49F3N10O6. The Labute approximate surface area is 372 Å². The van der Waals surface area contributed by atoms with Crippen LogP contribution in [0.15, 0.2) is 110 Å². The van der Waals surface area contributed by atoms with Gasteiger partial charge in [-0.2, -0.15) is 28.2 Å². The summed E-state index contributed by atoms with van der Waals surface area (Å²) < 4.78 is 51.3. The molecule has 1 aliphatic carbocycles. The molecule has 1 amide bonds. The normalized spacial score (nSPS) is 21.6. The molecule has 2 saturated heterocycles. The number of nitrogens with one attached hydrogen (secondary N) is 1. The average molecular weight is 895 g/mol. The van der Waals surface area contributed by atoms with Gasteiger partial charge in [0.2, 0.25) is 5.95 Å². The molecule has 340 valence electrons. The minimum atomic E-state index is -5.14. The second-order valence-electron chi connectivity index (χ2n) is 16.7. The van der Waals surface area contributed by atoms with Crippen molar-refractivity contribution < 1.29 is 42.4 Å². The van der Waals surface area contributed by atoms with Crippen LogP contribution in [-0.2, 0) is 27.5 Å². The molecule has 9 rings (SSSR count). The van der Waals surface area contributed by atoms with Gasteiger partial charge in [-0.05, 0) is 29.5 Å². The van der Waals surface area contributed by atoms with E-state index in [0.717, 1.165) is 23.1 Å². The number of amides is 1. The zero-order chi connectivity index (χ0) is 45.1. The van der Waals surface area contributed by atoms with Crippen LogP contribution in [0, 0.1) is 0 Å². The fraction of sp³-hybridized carbons (Fsp3) is 0.391. The Bertz CT molecular complexity index is 2520. The summed E-state index contributed by atoms with van der Waals surface area (Å²) in [5, 5.41) is 30.7. The Morgan fingerprint density at radius 2 is 1.45 bits per heavy atom. The van der Waals surface area contributed by atoms with Crippen molar-refractivity contribution in [3.8, 4) is 0 Å². The van der Waals surface area contributed by atoms with Crippen molar-refractivity contribution in [2.75, 3.05) is 56.0 Å². The summed E-state index contributed by atoms with van der Waals surface area (Å²) in [7, 11) is 0. The number of anilines is 2. The van der Waals surface area contributed by atoms with Crippen LogP contribution in [0.25, 0.3) is 11.2 Å². The standard InChI is InChI=1S/C46H49F3N10O6/c47-46(48,49)43(62)64-28-31-23-52-59(25-31)37-22-36(39(60)40(37)61)58-29-51-38-41(50-24-35(32-12-6-2-7-13-32)33-14-8-3-9-15-33)53-44(54-42(38)58)57-17-16-34(26-57)55-18-20-56(21-19-55)45(63)65-27-30-10-4-1-5-11-30/h1-15,23,25,29,34-37,39-40,60-61H,16-22,24,26-28H2,(H,50,53,54)/t34?,36-,37+,39+,40-/m1/s1. The summed E-state index contributed by atoms with van der Waals surface area (Å²) in [5.74, 6) is -1.39. The highest BCUT2D eigenvalue weighted by atomic mass is 19.4. The van der Waals surface area contributed by atoms with Gasteiger partial charge < -0.3 is 39.4 Å². The molecule has 5 atom stereocenters. The smallest absolute Gasteiger partial charge is 0.454 e. The number of aliphatic hydroxyl groups is 2. The molecule has 65 heavy (non-hydrogen) atoms. The number of nitrogens with zero attached hydrogens (tertiary/aromatic N) is 9. The summed E-state index contributed by atoms with van der Waals surface area (Å²) >= 11 is 0. The van der Waals surface area contributed by atoms with Crippen molar-refractivity contribution in [3.05, 3.63) is 132 Å². The van der Waals surface area contributed by atoms with Gasteiger partial charge >= 0.3 is 18.2 Å². The summed E-state index contributed by atoms with van der Waals surface area (Å²) in [6, 6.07) is 28.6. The van der Waals surface area contributed by atoms with Gasteiger partial charge in [0.05, 0.1) is 24.6 Å². The Balaban J connectivity index is 0.950. The molecule has 1 saturated carbocycles. The highest BCUT2D eigenvalue weighted by Crippen LogP contribution is 2.41. The van der Waals surface area contributed by atoms with E-state index in [4.69, 9.17) is 19.7 Å². The summed E-state index contributed by atoms with van der Waals surface area (Å²) in [6.07, 6.45) is -2.84. The number of rotatable bonds is 13. The minimum absolute atomic E-state index is 0.0399.